The van der Waals surface area contributed by atoms with Crippen LogP contribution in [0.2, 0.25) is 5.02 Å². The normalized spacial score (nSPS) is 17.6. The Bertz CT molecular complexity index is 1260. The molecule has 4 rings (SSSR count). The van der Waals surface area contributed by atoms with Crippen LogP contribution in [0.4, 0.5) is 4.39 Å². The molecular weight excluding hydrogens is 479 g/mol. The molecule has 1 aliphatic rings. The molecule has 0 amide bonds. The van der Waals surface area contributed by atoms with Crippen molar-refractivity contribution < 1.29 is 17.5 Å². The first-order chi connectivity index (χ1) is 16.2. The first kappa shape index (κ1) is 24.7. The highest BCUT2D eigenvalue weighted by atomic mass is 35.5. The molecule has 1 heterocycles. The van der Waals surface area contributed by atoms with Gasteiger partial charge in [0.2, 0.25) is 0 Å². The monoisotopic (exact) mass is 506 g/mol. The third-order valence-electron chi connectivity index (χ3n) is 6.17. The number of primary sulfonamides is 1. The van der Waals surface area contributed by atoms with Crippen molar-refractivity contribution in [3.63, 3.8) is 0 Å². The lowest BCUT2D eigenvalue weighted by Gasteiger charge is -2.21. The van der Waals surface area contributed by atoms with Crippen molar-refractivity contribution in [3.8, 4) is 5.75 Å². The van der Waals surface area contributed by atoms with Crippen molar-refractivity contribution in [1.29, 1.82) is 0 Å². The lowest BCUT2D eigenvalue weighted by atomic mass is 9.86. The molecule has 1 aromatic heterocycles. The number of nitrogens with two attached hydrogens (primary N) is 1. The summed E-state index contributed by atoms with van der Waals surface area (Å²) in [6, 6.07) is 11.3. The number of sulfonamides is 1. The van der Waals surface area contributed by atoms with Crippen LogP contribution in [0.3, 0.4) is 0 Å². The second-order valence-electron chi connectivity index (χ2n) is 8.64. The number of benzene rings is 2. The van der Waals surface area contributed by atoms with Crippen molar-refractivity contribution in [1.82, 2.24) is 14.9 Å². The van der Waals surface area contributed by atoms with Crippen molar-refractivity contribution in [2.45, 2.75) is 36.8 Å². The van der Waals surface area contributed by atoms with Crippen LogP contribution in [-0.2, 0) is 29.4 Å². The van der Waals surface area contributed by atoms with E-state index in [0.29, 0.717) is 23.9 Å². The van der Waals surface area contributed by atoms with Gasteiger partial charge in [-0.3, -0.25) is 0 Å². The van der Waals surface area contributed by atoms with Crippen LogP contribution in [0.15, 0.2) is 53.9 Å². The number of aromatic nitrogens is 2. The maximum atomic E-state index is 14.8. The van der Waals surface area contributed by atoms with Crippen molar-refractivity contribution in [2.24, 2.45) is 11.1 Å². The summed E-state index contributed by atoms with van der Waals surface area (Å²) < 4.78 is 44.9. The molecular formula is C24H28ClFN4O3S. The van der Waals surface area contributed by atoms with Crippen LogP contribution in [0.25, 0.3) is 0 Å². The Kier molecular flexibility index (Phi) is 7.57. The molecule has 2 unspecified atom stereocenters. The van der Waals surface area contributed by atoms with E-state index >= 15 is 0 Å². The number of rotatable bonds is 10. The first-order valence-corrected chi connectivity index (χ1v) is 13.1. The number of aryl methyl sites for hydroxylation is 1. The molecule has 2 aromatic carbocycles. The molecule has 0 spiro atoms. The van der Waals surface area contributed by atoms with Gasteiger partial charge in [0.05, 0.1) is 12.9 Å². The minimum Gasteiger partial charge on any atom is -0.490 e. The van der Waals surface area contributed by atoms with Crippen molar-refractivity contribution >= 4 is 21.6 Å². The summed E-state index contributed by atoms with van der Waals surface area (Å²) in [6.45, 7) is 1.58. The quantitative estimate of drug-likeness (QED) is 0.410. The summed E-state index contributed by atoms with van der Waals surface area (Å²) in [4.78, 5) is 3.78. The van der Waals surface area contributed by atoms with E-state index in [1.165, 1.54) is 12.5 Å². The average molecular weight is 507 g/mol. The smallest absolute Gasteiger partial charge is 0.257 e. The summed E-state index contributed by atoms with van der Waals surface area (Å²) >= 11 is 6.19. The molecule has 0 fully saturated rings. The van der Waals surface area contributed by atoms with Gasteiger partial charge in [0.25, 0.3) is 10.0 Å². The van der Waals surface area contributed by atoms with Gasteiger partial charge >= 0.3 is 0 Å². The minimum absolute atomic E-state index is 0.181. The molecule has 3 aromatic rings. The van der Waals surface area contributed by atoms with Gasteiger partial charge in [-0.05, 0) is 85.6 Å². The predicted octanol–water partition coefficient (Wildman–Crippen LogP) is 3.51. The van der Waals surface area contributed by atoms with Crippen LogP contribution in [0.5, 0.6) is 5.75 Å². The number of fused-ring (bicyclic) bond motifs is 1. The summed E-state index contributed by atoms with van der Waals surface area (Å²) in [5.74, 6) is 0.439. The van der Waals surface area contributed by atoms with E-state index in [-0.39, 0.29) is 29.1 Å². The highest BCUT2D eigenvalue weighted by Gasteiger charge is 2.33. The molecule has 2 atom stereocenters. The first-order valence-electron chi connectivity index (χ1n) is 11.1. The standard InChI is InChI=1S/C24H28ClFN4O3S/c1-28-13-18-10-17-11-22(26)23(12-21(17)20(18)9-16-4-2-5-19(25)8-16)33-7-3-6-30-14-24(29-15-30)34(27,31)32/h2,4-5,8,11-12,14-15,18,20,28H,3,6-7,9-10,13H2,1H3,(H2,27,31,32). The maximum absolute atomic E-state index is 14.8. The second-order valence-corrected chi connectivity index (χ2v) is 10.6. The van der Waals surface area contributed by atoms with Crippen molar-refractivity contribution in [2.75, 3.05) is 20.2 Å². The van der Waals surface area contributed by atoms with Gasteiger partial charge in [-0.15, -0.1) is 0 Å². The Hall–Kier alpha value is -2.46. The molecule has 34 heavy (non-hydrogen) atoms. The van der Waals surface area contributed by atoms with Gasteiger partial charge in [0, 0.05) is 17.8 Å². The molecule has 0 saturated carbocycles. The van der Waals surface area contributed by atoms with E-state index in [1.807, 2.05) is 31.3 Å². The van der Waals surface area contributed by atoms with Gasteiger partial charge in [-0.25, -0.2) is 22.9 Å². The van der Waals surface area contributed by atoms with Gasteiger partial charge in [-0.1, -0.05) is 23.7 Å². The lowest BCUT2D eigenvalue weighted by molar-refractivity contribution is 0.287. The Morgan fingerprint density at radius 1 is 1.32 bits per heavy atom. The molecule has 182 valence electrons. The van der Waals surface area contributed by atoms with Gasteiger partial charge in [0.15, 0.2) is 16.6 Å². The Morgan fingerprint density at radius 3 is 2.85 bits per heavy atom. The molecule has 7 nitrogen and oxygen atoms in total. The van der Waals surface area contributed by atoms with Crippen LogP contribution >= 0.6 is 11.6 Å². The lowest BCUT2D eigenvalue weighted by Crippen LogP contribution is -2.23. The van der Waals surface area contributed by atoms with Gasteiger partial charge in [-0.2, -0.15) is 0 Å². The fourth-order valence-electron chi connectivity index (χ4n) is 4.63. The minimum atomic E-state index is -3.83. The highest BCUT2D eigenvalue weighted by Crippen LogP contribution is 2.42. The van der Waals surface area contributed by atoms with Crippen LogP contribution in [0.1, 0.15) is 29.0 Å². The number of nitrogens with zero attached hydrogens (tertiary/aromatic N) is 2. The molecule has 0 saturated heterocycles. The predicted molar refractivity (Wildman–Crippen MR) is 129 cm³/mol. The molecule has 3 N–H and O–H groups in total. The van der Waals surface area contributed by atoms with Crippen LogP contribution < -0.4 is 15.2 Å². The van der Waals surface area contributed by atoms with E-state index in [1.54, 1.807) is 10.6 Å². The fraction of sp³-hybridized carbons (Fsp3) is 0.375. The third-order valence-corrected chi connectivity index (χ3v) is 7.20. The third kappa shape index (κ3) is 5.78. The average Bonchev–Trinajstić information content (AvgIpc) is 3.37. The molecule has 0 aliphatic heterocycles. The topological polar surface area (TPSA) is 99.2 Å². The maximum Gasteiger partial charge on any atom is 0.257 e. The van der Waals surface area contributed by atoms with E-state index < -0.39 is 10.0 Å². The van der Waals surface area contributed by atoms with Crippen LogP contribution in [0, 0.1) is 11.7 Å². The van der Waals surface area contributed by atoms with E-state index in [2.05, 4.69) is 16.4 Å². The highest BCUT2D eigenvalue weighted by molar-refractivity contribution is 7.89. The van der Waals surface area contributed by atoms with Gasteiger partial charge in [0.1, 0.15) is 0 Å². The van der Waals surface area contributed by atoms with Crippen molar-refractivity contribution in [3.05, 3.63) is 76.5 Å². The summed E-state index contributed by atoms with van der Waals surface area (Å²) in [7, 11) is -1.90. The molecule has 10 heteroatoms. The Morgan fingerprint density at radius 2 is 2.15 bits per heavy atom. The summed E-state index contributed by atoms with van der Waals surface area (Å²) in [5.41, 5.74) is 3.28. The molecule has 0 radical (unpaired) electrons. The zero-order valence-electron chi connectivity index (χ0n) is 18.9. The molecule has 0 bridgehead atoms. The Balaban J connectivity index is 1.45. The number of halogens is 2. The SMILES string of the molecule is CNCC1Cc2cc(F)c(OCCCn3cnc(S(N)(=O)=O)c3)cc2C1Cc1cccc(Cl)c1. The molecule has 1 aliphatic carbocycles. The number of hydrogen-bond donors (Lipinski definition) is 2. The Labute approximate surface area is 204 Å². The number of ether oxygens (including phenoxy) is 1. The van der Waals surface area contributed by atoms with Crippen LogP contribution in [-0.4, -0.2) is 38.2 Å². The zero-order chi connectivity index (χ0) is 24.3. The largest absolute Gasteiger partial charge is 0.490 e. The fourth-order valence-corrected chi connectivity index (χ4v) is 5.32. The number of imidazole rings is 1. The van der Waals surface area contributed by atoms with E-state index in [9.17, 15) is 12.8 Å². The summed E-state index contributed by atoms with van der Waals surface area (Å²) in [5, 5.41) is 8.87. The van der Waals surface area contributed by atoms with E-state index in [4.69, 9.17) is 21.5 Å². The van der Waals surface area contributed by atoms with Gasteiger partial charge < -0.3 is 14.6 Å². The number of hydrogen-bond acceptors (Lipinski definition) is 5. The number of nitrogens with one attached hydrogen (secondary N) is 1. The summed E-state index contributed by atoms with van der Waals surface area (Å²) in [6.07, 6.45) is 4.95. The zero-order valence-corrected chi connectivity index (χ0v) is 20.4. The second kappa shape index (κ2) is 10.4. The van der Waals surface area contributed by atoms with E-state index in [0.717, 1.165) is 36.1 Å².